The maximum absolute atomic E-state index is 6.14. The van der Waals surface area contributed by atoms with Crippen LogP contribution in [0.25, 0.3) is 11.1 Å². The highest BCUT2D eigenvalue weighted by molar-refractivity contribution is 5.98. The van der Waals surface area contributed by atoms with Gasteiger partial charge in [0.1, 0.15) is 0 Å². The van der Waals surface area contributed by atoms with E-state index in [-0.39, 0.29) is 0 Å². The van der Waals surface area contributed by atoms with Gasteiger partial charge in [-0.15, -0.1) is 0 Å². The minimum Gasteiger partial charge on any atom is -0.370 e. The van der Waals surface area contributed by atoms with Crippen LogP contribution in [-0.2, 0) is 0 Å². The van der Waals surface area contributed by atoms with E-state index in [0.29, 0.717) is 5.96 Å². The van der Waals surface area contributed by atoms with Crippen LogP contribution in [0, 0.1) is 0 Å². The first-order chi connectivity index (χ1) is 10.6. The second-order valence-electron chi connectivity index (χ2n) is 5.42. The number of rotatable bonds is 5. The van der Waals surface area contributed by atoms with Gasteiger partial charge in [-0.2, -0.15) is 0 Å². The molecule has 2 rings (SSSR count). The van der Waals surface area contributed by atoms with E-state index in [4.69, 9.17) is 5.73 Å². The largest absolute Gasteiger partial charge is 0.370 e. The highest BCUT2D eigenvalue weighted by Gasteiger charge is 2.15. The predicted molar refractivity (Wildman–Crippen MR) is 95.3 cm³/mol. The van der Waals surface area contributed by atoms with Crippen LogP contribution in [-0.4, -0.2) is 45.1 Å². The maximum atomic E-state index is 6.14. The second kappa shape index (κ2) is 7.61. The van der Waals surface area contributed by atoms with E-state index >= 15 is 0 Å². The lowest BCUT2D eigenvalue weighted by Gasteiger charge is -2.27. The molecule has 0 fully saturated rings. The van der Waals surface area contributed by atoms with Crippen LogP contribution < -0.4 is 10.6 Å². The van der Waals surface area contributed by atoms with Gasteiger partial charge in [-0.05, 0) is 25.7 Å². The molecule has 0 aliphatic carbocycles. The predicted octanol–water partition coefficient (Wildman–Crippen LogP) is 2.67. The quantitative estimate of drug-likeness (QED) is 0.681. The molecule has 0 bridgehead atoms. The molecule has 0 radical (unpaired) electrons. The normalized spacial score (nSPS) is 11.7. The van der Waals surface area contributed by atoms with E-state index in [1.165, 1.54) is 5.56 Å². The molecule has 0 unspecified atom stereocenters. The molecule has 2 N–H and O–H groups in total. The van der Waals surface area contributed by atoms with Crippen molar-refractivity contribution in [3.8, 4) is 11.1 Å². The Morgan fingerprint density at radius 2 is 1.59 bits per heavy atom. The van der Waals surface area contributed by atoms with Crippen LogP contribution in [0.3, 0.4) is 0 Å². The Kier molecular flexibility index (Phi) is 5.55. The van der Waals surface area contributed by atoms with Gasteiger partial charge in [0.2, 0.25) is 0 Å². The summed E-state index contributed by atoms with van der Waals surface area (Å²) >= 11 is 0. The summed E-state index contributed by atoms with van der Waals surface area (Å²) < 4.78 is 0. The standard InChI is InChI=1S/C18H24N4/c1-20-18(19)22(14-13-21(2)3)17-12-8-7-11-16(17)15-9-5-4-6-10-15/h4-12H,13-14H2,1-3H3,(H2,19,20). The molecular weight excluding hydrogens is 272 g/mol. The molecule has 0 saturated heterocycles. The third-order valence-corrected chi connectivity index (χ3v) is 3.56. The van der Waals surface area contributed by atoms with Gasteiger partial charge in [0.15, 0.2) is 5.96 Å². The number of hydrogen-bond acceptors (Lipinski definition) is 2. The number of nitrogens with zero attached hydrogens (tertiary/aromatic N) is 3. The fourth-order valence-corrected chi connectivity index (χ4v) is 2.35. The molecule has 0 saturated carbocycles. The monoisotopic (exact) mass is 296 g/mol. The lowest BCUT2D eigenvalue weighted by atomic mass is 10.0. The molecule has 2 aromatic carbocycles. The Morgan fingerprint density at radius 1 is 0.955 bits per heavy atom. The summed E-state index contributed by atoms with van der Waals surface area (Å²) in [6.45, 7) is 1.69. The van der Waals surface area contributed by atoms with Crippen molar-refractivity contribution in [1.82, 2.24) is 4.90 Å². The van der Waals surface area contributed by atoms with Gasteiger partial charge in [0.05, 0.1) is 5.69 Å². The van der Waals surface area contributed by atoms with Crippen molar-refractivity contribution in [1.29, 1.82) is 0 Å². The highest BCUT2D eigenvalue weighted by Crippen LogP contribution is 2.30. The Balaban J connectivity index is 2.43. The van der Waals surface area contributed by atoms with Crippen molar-refractivity contribution >= 4 is 11.6 Å². The Morgan fingerprint density at radius 3 is 2.23 bits per heavy atom. The van der Waals surface area contributed by atoms with E-state index in [1.807, 2.05) is 24.3 Å². The number of benzene rings is 2. The van der Waals surface area contributed by atoms with Crippen molar-refractivity contribution in [3.05, 3.63) is 54.6 Å². The Bertz CT molecular complexity index is 620. The van der Waals surface area contributed by atoms with Crippen LogP contribution in [0.4, 0.5) is 5.69 Å². The van der Waals surface area contributed by atoms with Crippen molar-refractivity contribution in [2.45, 2.75) is 0 Å². The van der Waals surface area contributed by atoms with Crippen LogP contribution in [0.2, 0.25) is 0 Å². The second-order valence-corrected chi connectivity index (χ2v) is 5.42. The van der Waals surface area contributed by atoms with Crippen molar-refractivity contribution < 1.29 is 0 Å². The van der Waals surface area contributed by atoms with Crippen molar-refractivity contribution in [3.63, 3.8) is 0 Å². The van der Waals surface area contributed by atoms with Gasteiger partial charge in [-0.25, -0.2) is 0 Å². The van der Waals surface area contributed by atoms with Crippen LogP contribution in [0.1, 0.15) is 0 Å². The third kappa shape index (κ3) is 3.86. The molecule has 0 amide bonds. The SMILES string of the molecule is CN=C(N)N(CCN(C)C)c1ccccc1-c1ccccc1. The molecule has 0 aliphatic rings. The van der Waals surface area contributed by atoms with Gasteiger partial charge in [-0.1, -0.05) is 48.5 Å². The number of nitrogens with two attached hydrogens (primary N) is 1. The van der Waals surface area contributed by atoms with E-state index in [1.54, 1.807) is 7.05 Å². The number of hydrogen-bond donors (Lipinski definition) is 1. The molecule has 22 heavy (non-hydrogen) atoms. The lowest BCUT2D eigenvalue weighted by Crippen LogP contribution is -2.41. The fourth-order valence-electron chi connectivity index (χ4n) is 2.35. The van der Waals surface area contributed by atoms with Crippen LogP contribution in [0.5, 0.6) is 0 Å². The van der Waals surface area contributed by atoms with Gasteiger partial charge >= 0.3 is 0 Å². The molecular formula is C18H24N4. The number of anilines is 1. The summed E-state index contributed by atoms with van der Waals surface area (Å²) in [6.07, 6.45) is 0. The van der Waals surface area contributed by atoms with Gasteiger partial charge in [-0.3, -0.25) is 4.99 Å². The zero-order valence-corrected chi connectivity index (χ0v) is 13.5. The van der Waals surface area contributed by atoms with Gasteiger partial charge in [0.25, 0.3) is 0 Å². The molecule has 4 heteroatoms. The number of para-hydroxylation sites is 1. The maximum Gasteiger partial charge on any atom is 0.195 e. The molecule has 0 atom stereocenters. The van der Waals surface area contributed by atoms with Gasteiger partial charge in [0, 0.05) is 25.7 Å². The zero-order chi connectivity index (χ0) is 15.9. The minimum atomic E-state index is 0.533. The molecule has 0 aliphatic heterocycles. The number of guanidine groups is 1. The summed E-state index contributed by atoms with van der Waals surface area (Å²) in [5, 5.41) is 0. The number of aliphatic imine (C=N–C) groups is 1. The van der Waals surface area contributed by atoms with Crippen molar-refractivity contribution in [2.75, 3.05) is 39.1 Å². The lowest BCUT2D eigenvalue weighted by molar-refractivity contribution is 0.419. The summed E-state index contributed by atoms with van der Waals surface area (Å²) in [6, 6.07) is 18.7. The highest BCUT2D eigenvalue weighted by atomic mass is 15.3. The number of likely N-dealkylation sites (N-methyl/N-ethyl adjacent to an activating group) is 1. The Hall–Kier alpha value is -2.33. The average molecular weight is 296 g/mol. The fraction of sp³-hybridized carbons (Fsp3) is 0.278. The molecule has 0 spiro atoms. The molecule has 116 valence electrons. The summed E-state index contributed by atoms with van der Waals surface area (Å²) in [4.78, 5) is 8.39. The van der Waals surface area contributed by atoms with E-state index in [0.717, 1.165) is 24.3 Å². The van der Waals surface area contributed by atoms with E-state index in [9.17, 15) is 0 Å². The first-order valence-electron chi connectivity index (χ1n) is 7.42. The smallest absolute Gasteiger partial charge is 0.195 e. The summed E-state index contributed by atoms with van der Waals surface area (Å²) in [5.41, 5.74) is 9.56. The molecule has 4 nitrogen and oxygen atoms in total. The average Bonchev–Trinajstić information content (AvgIpc) is 2.55. The molecule has 2 aromatic rings. The van der Waals surface area contributed by atoms with E-state index < -0.39 is 0 Å². The van der Waals surface area contributed by atoms with Gasteiger partial charge < -0.3 is 15.5 Å². The van der Waals surface area contributed by atoms with Crippen LogP contribution >= 0.6 is 0 Å². The summed E-state index contributed by atoms with van der Waals surface area (Å²) in [7, 11) is 5.84. The minimum absolute atomic E-state index is 0.533. The third-order valence-electron chi connectivity index (χ3n) is 3.56. The van der Waals surface area contributed by atoms with Crippen molar-refractivity contribution in [2.24, 2.45) is 10.7 Å². The van der Waals surface area contributed by atoms with E-state index in [2.05, 4.69) is 59.2 Å². The first-order valence-corrected chi connectivity index (χ1v) is 7.42. The molecule has 0 heterocycles. The summed E-state index contributed by atoms with van der Waals surface area (Å²) in [5.74, 6) is 0.533. The first kappa shape index (κ1) is 16.0. The molecule has 0 aromatic heterocycles. The topological polar surface area (TPSA) is 44.9 Å². The Labute approximate surface area is 132 Å². The zero-order valence-electron chi connectivity index (χ0n) is 13.5. The van der Waals surface area contributed by atoms with Crippen LogP contribution in [0.15, 0.2) is 59.6 Å².